The van der Waals surface area contributed by atoms with Gasteiger partial charge >= 0.3 is 0 Å². The largest absolute Gasteiger partial charge is 0.393 e. The van der Waals surface area contributed by atoms with Gasteiger partial charge in [0.05, 0.1) is 17.2 Å². The van der Waals surface area contributed by atoms with Crippen LogP contribution in [0, 0.1) is 5.92 Å². The van der Waals surface area contributed by atoms with Gasteiger partial charge in [0, 0.05) is 30.6 Å². The molecule has 9 heteroatoms. The van der Waals surface area contributed by atoms with Crippen LogP contribution < -0.4 is 16.4 Å². The van der Waals surface area contributed by atoms with Crippen LogP contribution in [0.25, 0.3) is 0 Å². The first kappa shape index (κ1) is 18.6. The number of amides is 4. The highest BCUT2D eigenvalue weighted by molar-refractivity contribution is 6.23. The molecule has 9 nitrogen and oxygen atoms in total. The lowest BCUT2D eigenvalue weighted by Crippen LogP contribution is -2.54. The molecule has 2 aliphatic heterocycles. The predicted octanol–water partition coefficient (Wildman–Crippen LogP) is -0.402. The molecule has 4 atom stereocenters. The van der Waals surface area contributed by atoms with Crippen LogP contribution in [0.4, 0.5) is 5.69 Å². The van der Waals surface area contributed by atoms with Gasteiger partial charge in [-0.2, -0.15) is 0 Å². The number of imide groups is 2. The molecule has 1 saturated heterocycles. The summed E-state index contributed by atoms with van der Waals surface area (Å²) in [7, 11) is 0. The van der Waals surface area contributed by atoms with Gasteiger partial charge in [0.25, 0.3) is 11.8 Å². The van der Waals surface area contributed by atoms with E-state index in [1.54, 1.807) is 18.2 Å². The second-order valence-electron chi connectivity index (χ2n) is 7.65. The average Bonchev–Trinajstić information content (AvgIpc) is 3.10. The number of nitrogens with one attached hydrogen (secondary N) is 2. The van der Waals surface area contributed by atoms with Gasteiger partial charge in [0.1, 0.15) is 6.04 Å². The first-order chi connectivity index (χ1) is 13.3. The number of anilines is 1. The van der Waals surface area contributed by atoms with E-state index in [1.807, 2.05) is 0 Å². The number of hydrogen-bond donors (Lipinski definition) is 4. The summed E-state index contributed by atoms with van der Waals surface area (Å²) >= 11 is 0. The summed E-state index contributed by atoms with van der Waals surface area (Å²) in [4.78, 5) is 49.8. The van der Waals surface area contributed by atoms with Crippen LogP contribution in [-0.2, 0) is 9.59 Å². The van der Waals surface area contributed by atoms with Crippen LogP contribution in [0.15, 0.2) is 18.2 Å². The smallest absolute Gasteiger partial charge is 0.262 e. The number of fused-ring (bicyclic) bond motifs is 1. The van der Waals surface area contributed by atoms with E-state index in [1.165, 1.54) is 0 Å². The molecule has 28 heavy (non-hydrogen) atoms. The third-order valence-electron chi connectivity index (χ3n) is 5.70. The molecule has 2 fully saturated rings. The van der Waals surface area contributed by atoms with E-state index in [4.69, 9.17) is 5.73 Å². The fourth-order valence-electron chi connectivity index (χ4n) is 4.19. The van der Waals surface area contributed by atoms with Crippen molar-refractivity contribution in [1.82, 2.24) is 10.2 Å². The van der Waals surface area contributed by atoms with Crippen LogP contribution in [0.1, 0.15) is 46.4 Å². The zero-order valence-electron chi connectivity index (χ0n) is 15.2. The molecule has 1 unspecified atom stereocenters. The summed E-state index contributed by atoms with van der Waals surface area (Å²) in [6.07, 6.45) is 1.05. The van der Waals surface area contributed by atoms with E-state index >= 15 is 0 Å². The molecule has 0 spiro atoms. The third-order valence-corrected chi connectivity index (χ3v) is 5.70. The average molecular weight is 386 g/mol. The van der Waals surface area contributed by atoms with Gasteiger partial charge in [0.15, 0.2) is 0 Å². The van der Waals surface area contributed by atoms with Gasteiger partial charge in [0.2, 0.25) is 11.8 Å². The Morgan fingerprint density at radius 2 is 1.89 bits per heavy atom. The number of rotatable bonds is 4. The van der Waals surface area contributed by atoms with E-state index in [9.17, 15) is 24.3 Å². The molecule has 0 aromatic heterocycles. The number of aliphatic hydroxyl groups is 1. The number of aliphatic hydroxyl groups excluding tert-OH is 1. The van der Waals surface area contributed by atoms with Crippen LogP contribution >= 0.6 is 0 Å². The highest BCUT2D eigenvalue weighted by Crippen LogP contribution is 2.30. The summed E-state index contributed by atoms with van der Waals surface area (Å²) in [5.74, 6) is -2.08. The number of benzene rings is 1. The minimum absolute atomic E-state index is 0.0110. The Morgan fingerprint density at radius 1 is 1.14 bits per heavy atom. The molecule has 4 rings (SSSR count). The number of carbonyl (C=O) groups excluding carboxylic acids is 4. The number of nitrogens with two attached hydrogens (primary N) is 1. The highest BCUT2D eigenvalue weighted by atomic mass is 16.3. The van der Waals surface area contributed by atoms with Crippen LogP contribution in [-0.4, -0.2) is 58.4 Å². The molecule has 2 heterocycles. The summed E-state index contributed by atoms with van der Waals surface area (Å²) in [5, 5.41) is 15.4. The van der Waals surface area contributed by atoms with Crippen molar-refractivity contribution in [2.24, 2.45) is 11.7 Å². The first-order valence-corrected chi connectivity index (χ1v) is 9.38. The number of nitrogens with zero attached hydrogens (tertiary/aromatic N) is 1. The van der Waals surface area contributed by atoms with Crippen molar-refractivity contribution in [2.75, 3.05) is 11.9 Å². The van der Waals surface area contributed by atoms with Crippen molar-refractivity contribution in [1.29, 1.82) is 0 Å². The minimum atomic E-state index is -0.975. The molecule has 4 amide bonds. The van der Waals surface area contributed by atoms with Crippen molar-refractivity contribution < 1.29 is 24.3 Å². The fraction of sp³-hybridized carbons (Fsp3) is 0.474. The molecule has 148 valence electrons. The molecular formula is C19H22N4O5. The lowest BCUT2D eigenvalue weighted by Gasteiger charge is -2.27. The van der Waals surface area contributed by atoms with Gasteiger partial charge in [-0.25, -0.2) is 0 Å². The van der Waals surface area contributed by atoms with Crippen molar-refractivity contribution in [3.63, 3.8) is 0 Å². The molecule has 1 saturated carbocycles. The molecule has 0 bridgehead atoms. The summed E-state index contributed by atoms with van der Waals surface area (Å²) in [5.41, 5.74) is 6.98. The minimum Gasteiger partial charge on any atom is -0.393 e. The van der Waals surface area contributed by atoms with Crippen LogP contribution in [0.3, 0.4) is 0 Å². The van der Waals surface area contributed by atoms with Crippen molar-refractivity contribution in [2.45, 2.75) is 43.9 Å². The van der Waals surface area contributed by atoms with Gasteiger partial charge in [-0.1, -0.05) is 0 Å². The van der Waals surface area contributed by atoms with Crippen molar-refractivity contribution in [3.05, 3.63) is 29.3 Å². The van der Waals surface area contributed by atoms with Crippen molar-refractivity contribution >= 4 is 29.3 Å². The lowest BCUT2D eigenvalue weighted by atomic mass is 10.0. The zero-order chi connectivity index (χ0) is 20.0. The molecule has 1 aliphatic carbocycles. The topological polar surface area (TPSA) is 142 Å². The Labute approximate surface area is 161 Å². The van der Waals surface area contributed by atoms with Gasteiger partial charge in [-0.3, -0.25) is 29.4 Å². The third kappa shape index (κ3) is 3.16. The van der Waals surface area contributed by atoms with Gasteiger partial charge in [-0.15, -0.1) is 0 Å². The normalized spacial score (nSPS) is 29.9. The maximum absolute atomic E-state index is 12.8. The molecule has 1 aromatic carbocycles. The maximum atomic E-state index is 12.8. The number of piperidine rings is 1. The Bertz CT molecular complexity index is 870. The maximum Gasteiger partial charge on any atom is 0.262 e. The van der Waals surface area contributed by atoms with Crippen LogP contribution in [0.5, 0.6) is 0 Å². The Balaban J connectivity index is 1.49. The van der Waals surface area contributed by atoms with E-state index in [0.29, 0.717) is 18.7 Å². The van der Waals surface area contributed by atoms with Gasteiger partial charge in [-0.05, 0) is 37.5 Å². The molecule has 3 aliphatic rings. The monoisotopic (exact) mass is 386 g/mol. The highest BCUT2D eigenvalue weighted by Gasteiger charge is 2.44. The second kappa shape index (κ2) is 6.99. The SMILES string of the molecule is N[C@H]1C[C@H](CNc2ccc3c(c2)C(=O)N(C2CCC(=O)NC2=O)C3=O)[C@H](O)C1. The quantitative estimate of drug-likeness (QED) is 0.516. The second-order valence-corrected chi connectivity index (χ2v) is 7.65. The lowest BCUT2D eigenvalue weighted by molar-refractivity contribution is -0.136. The van der Waals surface area contributed by atoms with E-state index < -0.39 is 35.8 Å². The predicted molar refractivity (Wildman–Crippen MR) is 98.3 cm³/mol. The number of carbonyl (C=O) groups is 4. The Kier molecular flexibility index (Phi) is 4.64. The summed E-state index contributed by atoms with van der Waals surface area (Å²) in [6, 6.07) is 3.85. The molecular weight excluding hydrogens is 364 g/mol. The molecule has 1 aromatic rings. The molecule has 0 radical (unpaired) electrons. The van der Waals surface area contributed by atoms with Crippen molar-refractivity contribution in [3.8, 4) is 0 Å². The van der Waals surface area contributed by atoms with E-state index in [0.717, 1.165) is 11.3 Å². The van der Waals surface area contributed by atoms with E-state index in [-0.39, 0.29) is 35.9 Å². The summed E-state index contributed by atoms with van der Waals surface area (Å²) < 4.78 is 0. The first-order valence-electron chi connectivity index (χ1n) is 9.38. The standard InChI is InChI=1S/C19H22N4O5/c20-10-5-9(15(24)6-10)8-21-11-1-2-12-13(7-11)19(28)23(18(12)27)14-3-4-16(25)22-17(14)26/h1-2,7,9-10,14-15,21,24H,3-6,8,20H2,(H,22,25,26)/t9-,10+,14?,15-/m1/s1. The fourth-order valence-corrected chi connectivity index (χ4v) is 4.19. The van der Waals surface area contributed by atoms with Crippen LogP contribution in [0.2, 0.25) is 0 Å². The Hall–Kier alpha value is -2.78. The van der Waals surface area contributed by atoms with Gasteiger partial charge < -0.3 is 16.2 Å². The zero-order valence-corrected chi connectivity index (χ0v) is 15.2. The number of hydrogen-bond acceptors (Lipinski definition) is 7. The Morgan fingerprint density at radius 3 is 2.57 bits per heavy atom. The van der Waals surface area contributed by atoms with E-state index in [2.05, 4.69) is 10.6 Å². The summed E-state index contributed by atoms with van der Waals surface area (Å²) in [6.45, 7) is 0.507. The molecule has 5 N–H and O–H groups in total.